The molecule has 1 aliphatic rings. The van der Waals surface area contributed by atoms with E-state index < -0.39 is 0 Å². The van der Waals surface area contributed by atoms with Gasteiger partial charge in [-0.3, -0.25) is 4.98 Å². The van der Waals surface area contributed by atoms with Gasteiger partial charge in [-0.15, -0.1) is 0 Å². The van der Waals surface area contributed by atoms with Gasteiger partial charge in [0.05, 0.1) is 0 Å². The number of aromatic nitrogens is 2. The number of nitrogens with zero attached hydrogens (tertiary/aromatic N) is 2. The molecular formula is C15H16N4. The predicted octanol–water partition coefficient (Wildman–Crippen LogP) is 2.13. The fraction of sp³-hybridized carbons (Fsp3) is 0.267. The van der Waals surface area contributed by atoms with Gasteiger partial charge in [0, 0.05) is 66.1 Å². The number of piperazine rings is 1. The lowest BCUT2D eigenvalue weighted by molar-refractivity contribution is 0.589. The quantitative estimate of drug-likeness (QED) is 0.697. The van der Waals surface area contributed by atoms with Crippen molar-refractivity contribution in [2.75, 3.05) is 31.1 Å². The van der Waals surface area contributed by atoms with Gasteiger partial charge < -0.3 is 15.2 Å². The monoisotopic (exact) mass is 252 g/mol. The molecule has 4 rings (SSSR count). The number of nitrogens with one attached hydrogen (secondary N) is 2. The SMILES string of the molecule is c1cc2[nH]c3cc(N4CCNCC4)ccc3c2cn1. The third kappa shape index (κ3) is 1.76. The average Bonchev–Trinajstić information content (AvgIpc) is 2.86. The molecule has 0 saturated carbocycles. The van der Waals surface area contributed by atoms with Crippen LogP contribution in [0.25, 0.3) is 21.8 Å². The Balaban J connectivity index is 1.84. The van der Waals surface area contributed by atoms with E-state index in [2.05, 4.69) is 38.4 Å². The van der Waals surface area contributed by atoms with E-state index in [0.717, 1.165) is 31.7 Å². The molecule has 96 valence electrons. The minimum Gasteiger partial charge on any atom is -0.369 e. The minimum atomic E-state index is 1.06. The van der Waals surface area contributed by atoms with E-state index in [1.54, 1.807) is 0 Å². The molecule has 3 heterocycles. The van der Waals surface area contributed by atoms with Crippen molar-refractivity contribution >= 4 is 27.5 Å². The Kier molecular flexibility index (Phi) is 2.42. The minimum absolute atomic E-state index is 1.06. The van der Waals surface area contributed by atoms with Gasteiger partial charge in [-0.25, -0.2) is 0 Å². The van der Waals surface area contributed by atoms with Crippen molar-refractivity contribution in [1.82, 2.24) is 15.3 Å². The largest absolute Gasteiger partial charge is 0.369 e. The van der Waals surface area contributed by atoms with Gasteiger partial charge in [0.15, 0.2) is 0 Å². The second-order valence-electron chi connectivity index (χ2n) is 5.01. The summed E-state index contributed by atoms with van der Waals surface area (Å²) in [7, 11) is 0. The number of aromatic amines is 1. The molecule has 0 aliphatic carbocycles. The molecule has 0 amide bonds. The molecule has 2 aromatic heterocycles. The summed E-state index contributed by atoms with van der Waals surface area (Å²) in [5.74, 6) is 0. The first-order valence-corrected chi connectivity index (χ1v) is 6.73. The highest BCUT2D eigenvalue weighted by atomic mass is 15.2. The van der Waals surface area contributed by atoms with E-state index in [1.807, 2.05) is 18.5 Å². The standard InChI is InChI=1S/C15H16N4/c1-2-12-13-10-17-4-3-14(13)18-15(12)9-11(1)19-7-5-16-6-8-19/h1-4,9-10,16,18H,5-8H2. The van der Waals surface area contributed by atoms with Crippen LogP contribution in [0.3, 0.4) is 0 Å². The molecule has 4 heteroatoms. The summed E-state index contributed by atoms with van der Waals surface area (Å²) >= 11 is 0. The zero-order valence-corrected chi connectivity index (χ0v) is 10.7. The summed E-state index contributed by atoms with van der Waals surface area (Å²) in [4.78, 5) is 10.1. The highest BCUT2D eigenvalue weighted by Gasteiger charge is 2.12. The van der Waals surface area contributed by atoms with Gasteiger partial charge in [-0.05, 0) is 18.2 Å². The van der Waals surface area contributed by atoms with Crippen LogP contribution < -0.4 is 10.2 Å². The number of rotatable bonds is 1. The van der Waals surface area contributed by atoms with E-state index >= 15 is 0 Å². The Morgan fingerprint density at radius 1 is 1.00 bits per heavy atom. The van der Waals surface area contributed by atoms with E-state index in [0.29, 0.717) is 0 Å². The summed E-state index contributed by atoms with van der Waals surface area (Å²) in [6.07, 6.45) is 3.76. The van der Waals surface area contributed by atoms with E-state index in [1.165, 1.54) is 22.0 Å². The fourth-order valence-corrected chi connectivity index (χ4v) is 2.85. The zero-order valence-electron chi connectivity index (χ0n) is 10.7. The van der Waals surface area contributed by atoms with Crippen molar-refractivity contribution in [2.45, 2.75) is 0 Å². The van der Waals surface area contributed by atoms with Crippen LogP contribution in [-0.4, -0.2) is 36.1 Å². The van der Waals surface area contributed by atoms with Crippen LogP contribution in [0, 0.1) is 0 Å². The average molecular weight is 252 g/mol. The van der Waals surface area contributed by atoms with Gasteiger partial charge in [0.1, 0.15) is 0 Å². The van der Waals surface area contributed by atoms with Crippen molar-refractivity contribution in [3.05, 3.63) is 36.7 Å². The first-order valence-electron chi connectivity index (χ1n) is 6.73. The molecule has 0 bridgehead atoms. The van der Waals surface area contributed by atoms with Gasteiger partial charge in [0.2, 0.25) is 0 Å². The third-order valence-corrected chi connectivity index (χ3v) is 3.87. The van der Waals surface area contributed by atoms with Crippen molar-refractivity contribution in [1.29, 1.82) is 0 Å². The number of benzene rings is 1. The number of pyridine rings is 1. The van der Waals surface area contributed by atoms with Gasteiger partial charge in [-0.1, -0.05) is 6.07 Å². The van der Waals surface area contributed by atoms with Crippen molar-refractivity contribution in [2.24, 2.45) is 0 Å². The molecule has 0 unspecified atom stereocenters. The Hall–Kier alpha value is -2.07. The second-order valence-corrected chi connectivity index (χ2v) is 5.01. The highest BCUT2D eigenvalue weighted by Crippen LogP contribution is 2.28. The summed E-state index contributed by atoms with van der Waals surface area (Å²) < 4.78 is 0. The first kappa shape index (κ1) is 10.8. The molecule has 1 fully saturated rings. The molecule has 19 heavy (non-hydrogen) atoms. The third-order valence-electron chi connectivity index (χ3n) is 3.87. The highest BCUT2D eigenvalue weighted by molar-refractivity contribution is 6.07. The zero-order chi connectivity index (χ0) is 12.7. The van der Waals surface area contributed by atoms with E-state index in [4.69, 9.17) is 0 Å². The molecule has 0 spiro atoms. The van der Waals surface area contributed by atoms with Gasteiger partial charge >= 0.3 is 0 Å². The summed E-state index contributed by atoms with van der Waals surface area (Å²) in [6.45, 7) is 4.28. The Morgan fingerprint density at radius 2 is 1.89 bits per heavy atom. The Labute approximate surface area is 111 Å². The molecule has 2 N–H and O–H groups in total. The number of H-pyrrole nitrogens is 1. The molecule has 4 nitrogen and oxygen atoms in total. The summed E-state index contributed by atoms with van der Waals surface area (Å²) in [5.41, 5.74) is 3.65. The maximum Gasteiger partial charge on any atom is 0.0495 e. The van der Waals surface area contributed by atoms with Crippen LogP contribution in [-0.2, 0) is 0 Å². The lowest BCUT2D eigenvalue weighted by Gasteiger charge is -2.29. The fourth-order valence-electron chi connectivity index (χ4n) is 2.85. The number of hydrogen-bond donors (Lipinski definition) is 2. The lowest BCUT2D eigenvalue weighted by atomic mass is 10.1. The lowest BCUT2D eigenvalue weighted by Crippen LogP contribution is -2.43. The number of fused-ring (bicyclic) bond motifs is 3. The second kappa shape index (κ2) is 4.24. The van der Waals surface area contributed by atoms with Crippen molar-refractivity contribution < 1.29 is 0 Å². The summed E-state index contributed by atoms with van der Waals surface area (Å²) in [6, 6.07) is 8.70. The van der Waals surface area contributed by atoms with Crippen LogP contribution in [0.1, 0.15) is 0 Å². The first-order chi connectivity index (χ1) is 9.42. The molecule has 3 aromatic rings. The number of hydrogen-bond acceptors (Lipinski definition) is 3. The molecule has 0 radical (unpaired) electrons. The normalized spacial score (nSPS) is 16.3. The topological polar surface area (TPSA) is 44.0 Å². The van der Waals surface area contributed by atoms with Crippen LogP contribution >= 0.6 is 0 Å². The molecule has 1 saturated heterocycles. The van der Waals surface area contributed by atoms with E-state index in [-0.39, 0.29) is 0 Å². The van der Waals surface area contributed by atoms with Gasteiger partial charge in [-0.2, -0.15) is 0 Å². The Bertz CT molecular complexity index is 725. The van der Waals surface area contributed by atoms with Crippen LogP contribution in [0.5, 0.6) is 0 Å². The van der Waals surface area contributed by atoms with Crippen molar-refractivity contribution in [3.8, 4) is 0 Å². The Morgan fingerprint density at radius 3 is 2.79 bits per heavy atom. The molecule has 1 aliphatic heterocycles. The molecular weight excluding hydrogens is 236 g/mol. The van der Waals surface area contributed by atoms with Crippen LogP contribution in [0.2, 0.25) is 0 Å². The summed E-state index contributed by atoms with van der Waals surface area (Å²) in [5, 5.41) is 5.84. The predicted molar refractivity (Wildman–Crippen MR) is 78.7 cm³/mol. The maximum atomic E-state index is 4.21. The maximum absolute atomic E-state index is 4.21. The van der Waals surface area contributed by atoms with E-state index in [9.17, 15) is 0 Å². The van der Waals surface area contributed by atoms with Crippen LogP contribution in [0.15, 0.2) is 36.7 Å². The van der Waals surface area contributed by atoms with Crippen molar-refractivity contribution in [3.63, 3.8) is 0 Å². The number of anilines is 1. The molecule has 0 atom stereocenters. The van der Waals surface area contributed by atoms with Crippen LogP contribution in [0.4, 0.5) is 5.69 Å². The smallest absolute Gasteiger partial charge is 0.0495 e. The molecule has 1 aromatic carbocycles. The van der Waals surface area contributed by atoms with Gasteiger partial charge in [0.25, 0.3) is 0 Å².